The van der Waals surface area contributed by atoms with E-state index in [4.69, 9.17) is 16.0 Å². The van der Waals surface area contributed by atoms with Crippen molar-refractivity contribution in [3.8, 4) is 5.69 Å². The molecule has 0 amide bonds. The fourth-order valence-corrected chi connectivity index (χ4v) is 2.48. The first-order chi connectivity index (χ1) is 11.9. The van der Waals surface area contributed by atoms with Crippen LogP contribution in [0.1, 0.15) is 32.2 Å². The van der Waals surface area contributed by atoms with Crippen LogP contribution in [0.3, 0.4) is 0 Å². The van der Waals surface area contributed by atoms with Gasteiger partial charge in [-0.2, -0.15) is 23.0 Å². The van der Waals surface area contributed by atoms with Crippen LogP contribution in [0, 0.1) is 5.82 Å². The van der Waals surface area contributed by atoms with Crippen LogP contribution in [0.25, 0.3) is 16.8 Å². The van der Waals surface area contributed by atoms with Crippen molar-refractivity contribution in [2.24, 2.45) is 0 Å². The number of benzene rings is 1. The number of oxazole rings is 1. The zero-order valence-electron chi connectivity index (χ0n) is 13.8. The molecule has 0 saturated heterocycles. The molecule has 26 heavy (non-hydrogen) atoms. The number of aromatic nitrogens is 3. The summed E-state index contributed by atoms with van der Waals surface area (Å²) in [7, 11) is 0. The molecule has 3 rings (SSSR count). The molecule has 0 aliphatic heterocycles. The molecule has 0 unspecified atom stereocenters. The van der Waals surface area contributed by atoms with Gasteiger partial charge in [0.25, 0.3) is 5.56 Å². The van der Waals surface area contributed by atoms with Gasteiger partial charge in [0.05, 0.1) is 16.8 Å². The van der Waals surface area contributed by atoms with E-state index in [0.29, 0.717) is 16.9 Å². The summed E-state index contributed by atoms with van der Waals surface area (Å²) in [5.74, 6) is -0.744. The SMILES string of the molecule is CC(C)(C)c1nc2c(-n3ncc(C(F)(F)F)cc3=O)c(F)cc(Cl)c2o1. The van der Waals surface area contributed by atoms with E-state index in [-0.39, 0.29) is 22.0 Å². The maximum absolute atomic E-state index is 14.5. The van der Waals surface area contributed by atoms with Gasteiger partial charge in [0.2, 0.25) is 5.89 Å². The Morgan fingerprint density at radius 3 is 2.38 bits per heavy atom. The molecule has 0 radical (unpaired) electrons. The maximum atomic E-state index is 14.5. The van der Waals surface area contributed by atoms with Crippen molar-refractivity contribution in [1.29, 1.82) is 0 Å². The lowest BCUT2D eigenvalue weighted by Crippen LogP contribution is -2.24. The van der Waals surface area contributed by atoms with Crippen molar-refractivity contribution in [3.63, 3.8) is 0 Å². The molecule has 2 heterocycles. The zero-order chi connectivity index (χ0) is 19.4. The Hall–Kier alpha value is -2.42. The summed E-state index contributed by atoms with van der Waals surface area (Å²) in [6.07, 6.45) is -4.31. The highest BCUT2D eigenvalue weighted by Crippen LogP contribution is 2.35. The van der Waals surface area contributed by atoms with Crippen LogP contribution in [0.5, 0.6) is 0 Å². The molecule has 0 bridgehead atoms. The highest BCUT2D eigenvalue weighted by molar-refractivity contribution is 6.35. The summed E-state index contributed by atoms with van der Waals surface area (Å²) in [4.78, 5) is 16.3. The average Bonchev–Trinajstić information content (AvgIpc) is 2.93. The van der Waals surface area contributed by atoms with Gasteiger partial charge >= 0.3 is 6.18 Å². The summed E-state index contributed by atoms with van der Waals surface area (Å²) >= 11 is 5.98. The molecule has 2 aromatic heterocycles. The summed E-state index contributed by atoms with van der Waals surface area (Å²) in [5, 5.41) is 3.37. The monoisotopic (exact) mass is 389 g/mol. The van der Waals surface area contributed by atoms with E-state index in [2.05, 4.69) is 10.1 Å². The van der Waals surface area contributed by atoms with Crippen molar-refractivity contribution < 1.29 is 22.0 Å². The normalized spacial score (nSPS) is 12.8. The number of halogens is 5. The van der Waals surface area contributed by atoms with E-state index >= 15 is 0 Å². The minimum Gasteiger partial charge on any atom is -0.438 e. The van der Waals surface area contributed by atoms with Crippen molar-refractivity contribution in [1.82, 2.24) is 14.8 Å². The largest absolute Gasteiger partial charge is 0.438 e. The van der Waals surface area contributed by atoms with E-state index < -0.39 is 34.2 Å². The Kier molecular flexibility index (Phi) is 4.10. The van der Waals surface area contributed by atoms with Gasteiger partial charge in [-0.1, -0.05) is 32.4 Å². The molecule has 10 heteroatoms. The first kappa shape index (κ1) is 18.4. The van der Waals surface area contributed by atoms with Gasteiger partial charge in [0, 0.05) is 11.5 Å². The molecule has 0 atom stereocenters. The van der Waals surface area contributed by atoms with Crippen LogP contribution in [0.4, 0.5) is 17.6 Å². The first-order valence-electron chi connectivity index (χ1n) is 7.35. The van der Waals surface area contributed by atoms with E-state index in [9.17, 15) is 22.4 Å². The number of rotatable bonds is 1. The second-order valence-corrected chi connectivity index (χ2v) is 7.03. The van der Waals surface area contributed by atoms with E-state index in [1.807, 2.05) is 0 Å². The highest BCUT2D eigenvalue weighted by atomic mass is 35.5. The molecule has 5 nitrogen and oxygen atoms in total. The van der Waals surface area contributed by atoms with Crippen LogP contribution in [0.2, 0.25) is 5.02 Å². The lowest BCUT2D eigenvalue weighted by molar-refractivity contribution is -0.138. The molecule has 138 valence electrons. The third kappa shape index (κ3) is 3.07. The van der Waals surface area contributed by atoms with Gasteiger partial charge in [-0.3, -0.25) is 4.79 Å². The van der Waals surface area contributed by atoms with E-state index in [1.54, 1.807) is 20.8 Å². The minimum absolute atomic E-state index is 0.0154. The van der Waals surface area contributed by atoms with Crippen LogP contribution < -0.4 is 5.56 Å². The van der Waals surface area contributed by atoms with Crippen LogP contribution in [-0.4, -0.2) is 14.8 Å². The Morgan fingerprint density at radius 1 is 1.19 bits per heavy atom. The Balaban J connectivity index is 2.32. The predicted molar refractivity (Wildman–Crippen MR) is 86.1 cm³/mol. The molecule has 1 aromatic carbocycles. The molecular weight excluding hydrogens is 378 g/mol. The third-order valence-electron chi connectivity index (χ3n) is 3.53. The summed E-state index contributed by atoms with van der Waals surface area (Å²) in [6.45, 7) is 5.39. The Morgan fingerprint density at radius 2 is 1.85 bits per heavy atom. The summed E-state index contributed by atoms with van der Waals surface area (Å²) < 4.78 is 58.7. The molecule has 0 saturated carbocycles. The highest BCUT2D eigenvalue weighted by Gasteiger charge is 2.32. The maximum Gasteiger partial charge on any atom is 0.418 e. The number of nitrogens with zero attached hydrogens (tertiary/aromatic N) is 3. The molecule has 0 aliphatic rings. The lowest BCUT2D eigenvalue weighted by Gasteiger charge is -2.11. The predicted octanol–water partition coefficient (Wildman–Crippen LogP) is 4.48. The topological polar surface area (TPSA) is 60.9 Å². The quantitative estimate of drug-likeness (QED) is 0.576. The molecule has 3 aromatic rings. The molecule has 0 fully saturated rings. The number of fused-ring (bicyclic) bond motifs is 1. The molecule has 0 spiro atoms. The fraction of sp³-hybridized carbons (Fsp3) is 0.312. The van der Waals surface area contributed by atoms with Crippen molar-refractivity contribution >= 4 is 22.7 Å². The minimum atomic E-state index is -4.74. The number of alkyl halides is 3. The lowest BCUT2D eigenvalue weighted by atomic mass is 9.97. The molecular formula is C16H12ClF4N3O2. The van der Waals surface area contributed by atoms with Crippen LogP contribution in [0.15, 0.2) is 27.5 Å². The van der Waals surface area contributed by atoms with Crippen LogP contribution >= 0.6 is 11.6 Å². The second-order valence-electron chi connectivity index (χ2n) is 6.63. The van der Waals surface area contributed by atoms with E-state index in [1.165, 1.54) is 0 Å². The van der Waals surface area contributed by atoms with Gasteiger partial charge in [0.1, 0.15) is 11.2 Å². The van der Waals surface area contributed by atoms with Gasteiger partial charge < -0.3 is 4.42 Å². The molecule has 0 N–H and O–H groups in total. The average molecular weight is 390 g/mol. The van der Waals surface area contributed by atoms with Crippen molar-refractivity contribution in [3.05, 3.63) is 51.0 Å². The smallest absolute Gasteiger partial charge is 0.418 e. The summed E-state index contributed by atoms with van der Waals surface area (Å²) in [6, 6.07) is 1.22. The van der Waals surface area contributed by atoms with Crippen molar-refractivity contribution in [2.45, 2.75) is 32.4 Å². The zero-order valence-corrected chi connectivity index (χ0v) is 14.5. The van der Waals surface area contributed by atoms with Gasteiger partial charge in [0.15, 0.2) is 11.4 Å². The third-order valence-corrected chi connectivity index (χ3v) is 3.81. The van der Waals surface area contributed by atoms with Gasteiger partial charge in [-0.25, -0.2) is 9.37 Å². The van der Waals surface area contributed by atoms with Crippen molar-refractivity contribution in [2.75, 3.05) is 0 Å². The van der Waals surface area contributed by atoms with E-state index in [0.717, 1.165) is 6.07 Å². The standard InChI is InChI=1S/C16H12ClF4N3O2/c1-15(2,3)14-23-11-12(9(18)5-8(17)13(11)26-14)24-10(25)4-7(6-22-24)16(19,20)21/h4-6H,1-3H3. The molecule has 0 aliphatic carbocycles. The van der Waals surface area contributed by atoms with Gasteiger partial charge in [-0.15, -0.1) is 0 Å². The Bertz CT molecular complexity index is 1060. The first-order valence-corrected chi connectivity index (χ1v) is 7.73. The Labute approximate surface area is 149 Å². The second kappa shape index (κ2) is 5.80. The van der Waals surface area contributed by atoms with Gasteiger partial charge in [-0.05, 0) is 6.07 Å². The van der Waals surface area contributed by atoms with Crippen LogP contribution in [-0.2, 0) is 11.6 Å². The number of hydrogen-bond acceptors (Lipinski definition) is 4. The number of hydrogen-bond donors (Lipinski definition) is 0. The summed E-state index contributed by atoms with van der Waals surface area (Å²) in [5.41, 5.74) is -3.46. The fourth-order valence-electron chi connectivity index (χ4n) is 2.25.